The van der Waals surface area contributed by atoms with Gasteiger partial charge in [-0.25, -0.2) is 4.79 Å². The summed E-state index contributed by atoms with van der Waals surface area (Å²) < 4.78 is 24.8. The van der Waals surface area contributed by atoms with Gasteiger partial charge in [0.2, 0.25) is 12.5 Å². The summed E-state index contributed by atoms with van der Waals surface area (Å²) in [5, 5.41) is 1.84. The molecule has 6 rings (SSSR count). The first kappa shape index (κ1) is 19.5. The zero-order chi connectivity index (χ0) is 21.7. The molecule has 0 unspecified atom stereocenters. The highest BCUT2D eigenvalue weighted by Gasteiger charge is 2.29. The summed E-state index contributed by atoms with van der Waals surface area (Å²) in [5.41, 5.74) is 3.49. The Morgan fingerprint density at radius 2 is 1.94 bits per heavy atom. The van der Waals surface area contributed by atoms with Crippen LogP contribution in [0.2, 0.25) is 0 Å². The fourth-order valence-electron chi connectivity index (χ4n) is 4.56. The van der Waals surface area contributed by atoms with Gasteiger partial charge < -0.3 is 23.8 Å². The van der Waals surface area contributed by atoms with Crippen LogP contribution >= 0.6 is 11.8 Å². The normalized spacial score (nSPS) is 16.5. The van der Waals surface area contributed by atoms with E-state index in [2.05, 4.69) is 29.0 Å². The third-order valence-corrected chi connectivity index (χ3v) is 7.20. The zero-order valence-corrected chi connectivity index (χ0v) is 18.6. The molecule has 4 heterocycles. The van der Waals surface area contributed by atoms with Crippen LogP contribution in [-0.4, -0.2) is 49.5 Å². The monoisotopic (exact) mass is 451 g/mol. The molecule has 0 bridgehead atoms. The molecule has 2 aromatic carbocycles. The van der Waals surface area contributed by atoms with E-state index in [9.17, 15) is 4.79 Å². The Morgan fingerprint density at radius 1 is 1.12 bits per heavy atom. The molecular weight excluding hydrogens is 428 g/mol. The second kappa shape index (κ2) is 7.78. The second-order valence-corrected chi connectivity index (χ2v) is 9.26. The molecule has 0 aliphatic carbocycles. The largest absolute Gasteiger partial charge is 0.493 e. The van der Waals surface area contributed by atoms with E-state index in [4.69, 9.17) is 18.9 Å². The highest BCUT2D eigenvalue weighted by atomic mass is 32.2. The number of carbonyl (C=O) groups is 1. The Kier molecular flexibility index (Phi) is 4.75. The highest BCUT2D eigenvalue weighted by molar-refractivity contribution is 7.99. The Hall–Kier alpha value is -3.13. The van der Waals surface area contributed by atoms with E-state index in [0.717, 1.165) is 58.0 Å². The lowest BCUT2D eigenvalue weighted by molar-refractivity contribution is -0.686. The summed E-state index contributed by atoms with van der Waals surface area (Å²) >= 11 is 1.86. The predicted octanol–water partition coefficient (Wildman–Crippen LogP) is 3.64. The summed E-state index contributed by atoms with van der Waals surface area (Å²) in [6, 6.07) is 10.2. The van der Waals surface area contributed by atoms with Gasteiger partial charge in [0, 0.05) is 37.1 Å². The van der Waals surface area contributed by atoms with E-state index in [0.29, 0.717) is 24.6 Å². The number of ether oxygens (including phenoxy) is 4. The van der Waals surface area contributed by atoms with E-state index in [1.807, 2.05) is 23.9 Å². The van der Waals surface area contributed by atoms with Crippen molar-refractivity contribution in [1.29, 1.82) is 0 Å². The molecule has 3 aromatic rings. The molecule has 0 N–H and O–H groups in total. The maximum atomic E-state index is 12.8. The highest BCUT2D eigenvalue weighted by Crippen LogP contribution is 2.41. The molecule has 8 heteroatoms. The quantitative estimate of drug-likeness (QED) is 0.555. The van der Waals surface area contributed by atoms with Crippen LogP contribution in [-0.2, 0) is 13.0 Å². The van der Waals surface area contributed by atoms with Gasteiger partial charge in [-0.15, -0.1) is 0 Å². The van der Waals surface area contributed by atoms with Crippen LogP contribution in [0.25, 0.3) is 22.0 Å². The molecule has 1 fully saturated rings. The third kappa shape index (κ3) is 3.21. The van der Waals surface area contributed by atoms with E-state index in [-0.39, 0.29) is 12.9 Å². The van der Waals surface area contributed by atoms with Crippen molar-refractivity contribution in [1.82, 2.24) is 4.90 Å². The van der Waals surface area contributed by atoms with E-state index < -0.39 is 0 Å². The van der Waals surface area contributed by atoms with Gasteiger partial charge in [-0.3, -0.25) is 0 Å². The molecule has 32 heavy (non-hydrogen) atoms. The van der Waals surface area contributed by atoms with Crippen molar-refractivity contribution in [3.05, 3.63) is 42.1 Å². The number of hydrogen-bond donors (Lipinski definition) is 0. The summed E-state index contributed by atoms with van der Waals surface area (Å²) in [7, 11) is 1.60. The van der Waals surface area contributed by atoms with Crippen LogP contribution in [0.3, 0.4) is 0 Å². The van der Waals surface area contributed by atoms with Crippen LogP contribution in [0.15, 0.2) is 36.5 Å². The molecule has 0 radical (unpaired) electrons. The lowest BCUT2D eigenvalue weighted by Crippen LogP contribution is -2.40. The maximum absolute atomic E-state index is 12.8. The fourth-order valence-corrected chi connectivity index (χ4v) is 5.46. The summed E-state index contributed by atoms with van der Waals surface area (Å²) in [6.07, 6.45) is 2.63. The summed E-state index contributed by atoms with van der Waals surface area (Å²) in [4.78, 5) is 14.6. The van der Waals surface area contributed by atoms with Gasteiger partial charge in [-0.2, -0.15) is 16.3 Å². The molecule has 1 amide bonds. The number of thioether (sulfide) groups is 1. The number of aryl methyl sites for hydroxylation is 2. The number of hydrogen-bond acceptors (Lipinski definition) is 6. The molecule has 1 saturated heterocycles. The van der Waals surface area contributed by atoms with Crippen LogP contribution in [0.5, 0.6) is 23.0 Å². The number of methoxy groups -OCH3 is 1. The zero-order valence-electron chi connectivity index (χ0n) is 17.8. The van der Waals surface area contributed by atoms with Crippen molar-refractivity contribution in [2.24, 2.45) is 0 Å². The van der Waals surface area contributed by atoms with Gasteiger partial charge >= 0.3 is 6.09 Å². The minimum Gasteiger partial charge on any atom is -0.493 e. The lowest BCUT2D eigenvalue weighted by Gasteiger charge is -2.26. The lowest BCUT2D eigenvalue weighted by atomic mass is 9.95. The number of nitrogens with zero attached hydrogens (tertiary/aromatic N) is 2. The molecule has 7 nitrogen and oxygen atoms in total. The van der Waals surface area contributed by atoms with Gasteiger partial charge in [0.25, 0.3) is 0 Å². The molecular formula is C24H23N2O5S+. The second-order valence-electron chi connectivity index (χ2n) is 8.03. The van der Waals surface area contributed by atoms with Crippen molar-refractivity contribution in [2.45, 2.75) is 13.0 Å². The predicted molar refractivity (Wildman–Crippen MR) is 121 cm³/mol. The van der Waals surface area contributed by atoms with Gasteiger partial charge in [0.05, 0.1) is 18.1 Å². The Morgan fingerprint density at radius 3 is 2.75 bits per heavy atom. The number of carbonyl (C=O) groups excluding carboxylic acids is 1. The van der Waals surface area contributed by atoms with E-state index in [1.165, 1.54) is 5.56 Å². The van der Waals surface area contributed by atoms with Crippen LogP contribution < -0.4 is 23.5 Å². The van der Waals surface area contributed by atoms with Crippen LogP contribution in [0.4, 0.5) is 4.79 Å². The fraction of sp³-hybridized carbons (Fsp3) is 0.333. The third-order valence-electron chi connectivity index (χ3n) is 6.26. The minimum atomic E-state index is -0.322. The minimum absolute atomic E-state index is 0.264. The van der Waals surface area contributed by atoms with Crippen LogP contribution in [0, 0.1) is 0 Å². The molecule has 0 saturated carbocycles. The maximum Gasteiger partial charge on any atom is 0.415 e. The number of benzene rings is 2. The number of fused-ring (bicyclic) bond motifs is 5. The Labute approximate surface area is 189 Å². The Balaban J connectivity index is 1.44. The molecule has 3 aliphatic rings. The SMILES string of the molecule is COc1ccc2cc3[n+](cc2c1OC(=O)N1CCSCC1)CCc1cc2c(cc1-3)OCO2. The van der Waals surface area contributed by atoms with Crippen molar-refractivity contribution in [2.75, 3.05) is 38.5 Å². The average Bonchev–Trinajstić information content (AvgIpc) is 3.30. The average molecular weight is 452 g/mol. The first-order valence-electron chi connectivity index (χ1n) is 10.7. The first-order valence-corrected chi connectivity index (χ1v) is 11.9. The van der Waals surface area contributed by atoms with Crippen LogP contribution in [0.1, 0.15) is 5.56 Å². The standard InChI is InChI=1S/C24H23N2O5S/c1-28-20-3-2-15-10-19-17-12-22-21(29-14-30-22)11-16(17)4-5-26(19)13-18(15)23(20)31-24(27)25-6-8-32-9-7-25/h2-3,10-13H,4-9,14H2,1H3/q+1. The van der Waals surface area contributed by atoms with E-state index in [1.54, 1.807) is 12.0 Å². The topological polar surface area (TPSA) is 61.1 Å². The number of aromatic nitrogens is 1. The molecule has 1 aromatic heterocycles. The Bertz CT molecular complexity index is 1240. The van der Waals surface area contributed by atoms with Gasteiger partial charge in [-0.1, -0.05) is 0 Å². The molecule has 3 aliphatic heterocycles. The smallest absolute Gasteiger partial charge is 0.415 e. The van der Waals surface area contributed by atoms with Crippen molar-refractivity contribution in [3.8, 4) is 34.3 Å². The summed E-state index contributed by atoms with van der Waals surface area (Å²) in [6.45, 7) is 2.49. The molecule has 164 valence electrons. The van der Waals surface area contributed by atoms with Crippen molar-refractivity contribution >= 4 is 28.6 Å². The van der Waals surface area contributed by atoms with Crippen molar-refractivity contribution < 1.29 is 28.3 Å². The summed E-state index contributed by atoms with van der Waals surface area (Å²) in [5.74, 6) is 4.48. The first-order chi connectivity index (χ1) is 15.7. The molecule has 0 atom stereocenters. The number of pyridine rings is 1. The van der Waals surface area contributed by atoms with Gasteiger partial charge in [0.15, 0.2) is 35.7 Å². The number of amides is 1. The van der Waals surface area contributed by atoms with Gasteiger partial charge in [0.1, 0.15) is 0 Å². The van der Waals surface area contributed by atoms with Gasteiger partial charge in [-0.05, 0) is 35.2 Å². The van der Waals surface area contributed by atoms with E-state index >= 15 is 0 Å². The number of rotatable bonds is 2. The van der Waals surface area contributed by atoms with Crippen molar-refractivity contribution in [3.63, 3.8) is 0 Å². The molecule has 0 spiro atoms.